The van der Waals surface area contributed by atoms with E-state index in [1.54, 1.807) is 4.90 Å². The Balaban J connectivity index is 1.67. The Labute approximate surface area is 142 Å². The van der Waals surface area contributed by atoms with E-state index in [1.807, 2.05) is 10.9 Å². The fourth-order valence-corrected chi connectivity index (χ4v) is 3.71. The van der Waals surface area contributed by atoms with Gasteiger partial charge in [-0.05, 0) is 25.7 Å². The Kier molecular flexibility index (Phi) is 5.89. The predicted molar refractivity (Wildman–Crippen MR) is 87.3 cm³/mol. The van der Waals surface area contributed by atoms with E-state index in [2.05, 4.69) is 10.3 Å². The Morgan fingerprint density at radius 1 is 1.30 bits per heavy atom. The predicted octanol–water partition coefficient (Wildman–Crippen LogP) is 2.53. The smallest absolute Gasteiger partial charge is 0.238 e. The molecular formula is C16H25ClN4O2. The molecule has 0 bridgehead atoms. The third-order valence-electron chi connectivity index (χ3n) is 4.85. The summed E-state index contributed by atoms with van der Waals surface area (Å²) in [4.78, 5) is 14.0. The second kappa shape index (κ2) is 8.11. The van der Waals surface area contributed by atoms with Crippen molar-refractivity contribution in [3.8, 4) is 0 Å². The molecule has 0 N–H and O–H groups in total. The molecule has 2 fully saturated rings. The van der Waals surface area contributed by atoms with E-state index in [-0.39, 0.29) is 17.8 Å². The molecule has 0 radical (unpaired) electrons. The molecule has 2 heterocycles. The maximum absolute atomic E-state index is 12.2. The molecule has 1 aliphatic heterocycles. The third-order valence-corrected chi connectivity index (χ3v) is 5.08. The first-order valence-corrected chi connectivity index (χ1v) is 9.15. The van der Waals surface area contributed by atoms with Crippen molar-refractivity contribution in [3.63, 3.8) is 0 Å². The number of halogens is 1. The van der Waals surface area contributed by atoms with Crippen LogP contribution in [-0.2, 0) is 16.1 Å². The zero-order valence-electron chi connectivity index (χ0n) is 13.5. The number of hydrogen-bond acceptors (Lipinski definition) is 4. The number of aromatic nitrogens is 3. The molecule has 1 aromatic heterocycles. The van der Waals surface area contributed by atoms with Crippen LogP contribution in [0.25, 0.3) is 0 Å². The van der Waals surface area contributed by atoms with Crippen molar-refractivity contribution < 1.29 is 9.53 Å². The lowest BCUT2D eigenvalue weighted by atomic mass is 9.96. The summed E-state index contributed by atoms with van der Waals surface area (Å²) < 4.78 is 7.50. The van der Waals surface area contributed by atoms with Crippen molar-refractivity contribution in [1.29, 1.82) is 0 Å². The summed E-state index contributed by atoms with van der Waals surface area (Å²) in [7, 11) is 0. The molecule has 1 saturated carbocycles. The summed E-state index contributed by atoms with van der Waals surface area (Å²) in [6, 6.07) is 0.551. The van der Waals surface area contributed by atoms with E-state index in [0.29, 0.717) is 19.2 Å². The van der Waals surface area contributed by atoms with Gasteiger partial charge in [0, 0.05) is 6.61 Å². The van der Waals surface area contributed by atoms with Crippen LogP contribution in [0.2, 0.25) is 0 Å². The first-order valence-electron chi connectivity index (χ1n) is 8.62. The van der Waals surface area contributed by atoms with Crippen LogP contribution >= 0.6 is 11.6 Å². The van der Waals surface area contributed by atoms with Crippen molar-refractivity contribution in [1.82, 2.24) is 19.9 Å². The monoisotopic (exact) mass is 340 g/mol. The minimum absolute atomic E-state index is 0.00668. The molecule has 1 atom stereocenters. The lowest BCUT2D eigenvalue weighted by molar-refractivity contribution is -0.134. The van der Waals surface area contributed by atoms with Crippen molar-refractivity contribution in [2.45, 2.75) is 63.6 Å². The average Bonchev–Trinajstić information content (AvgIpc) is 3.09. The van der Waals surface area contributed by atoms with E-state index in [1.165, 1.54) is 32.1 Å². The van der Waals surface area contributed by atoms with E-state index in [4.69, 9.17) is 16.3 Å². The highest BCUT2D eigenvalue weighted by Crippen LogP contribution is 2.27. The SMILES string of the molecule is O=C(CCl)N(Cc1cn(C2CCCCC2)nn1)[C@@H]1CCCOC1. The quantitative estimate of drug-likeness (QED) is 0.773. The minimum Gasteiger partial charge on any atom is -0.379 e. The fourth-order valence-electron chi connectivity index (χ4n) is 3.55. The molecule has 7 heteroatoms. The van der Waals surface area contributed by atoms with Gasteiger partial charge in [-0.25, -0.2) is 4.68 Å². The lowest BCUT2D eigenvalue weighted by Crippen LogP contribution is -2.45. The molecule has 3 rings (SSSR count). The zero-order chi connectivity index (χ0) is 16.1. The maximum Gasteiger partial charge on any atom is 0.238 e. The Bertz CT molecular complexity index is 510. The highest BCUT2D eigenvalue weighted by molar-refractivity contribution is 6.27. The normalized spacial score (nSPS) is 22.9. The van der Waals surface area contributed by atoms with Crippen LogP contribution in [-0.4, -0.2) is 50.9 Å². The van der Waals surface area contributed by atoms with Crippen LogP contribution in [0, 0.1) is 0 Å². The molecule has 1 saturated heterocycles. The van der Waals surface area contributed by atoms with Gasteiger partial charge in [0.15, 0.2) is 0 Å². The lowest BCUT2D eigenvalue weighted by Gasteiger charge is -2.33. The fraction of sp³-hybridized carbons (Fsp3) is 0.812. The van der Waals surface area contributed by atoms with Crippen LogP contribution in [0.4, 0.5) is 0 Å². The maximum atomic E-state index is 12.2. The second-order valence-corrected chi connectivity index (χ2v) is 6.78. The number of nitrogens with zero attached hydrogens (tertiary/aromatic N) is 4. The first kappa shape index (κ1) is 16.7. The van der Waals surface area contributed by atoms with Crippen LogP contribution in [0.15, 0.2) is 6.20 Å². The molecule has 1 aliphatic carbocycles. The number of hydrogen-bond donors (Lipinski definition) is 0. The summed E-state index contributed by atoms with van der Waals surface area (Å²) >= 11 is 5.79. The van der Waals surface area contributed by atoms with Crippen molar-refractivity contribution >= 4 is 17.5 Å². The molecule has 0 unspecified atom stereocenters. The van der Waals surface area contributed by atoms with Crippen LogP contribution in [0.3, 0.4) is 0 Å². The molecule has 1 aromatic rings. The Hall–Kier alpha value is -1.14. The summed E-state index contributed by atoms with van der Waals surface area (Å²) in [5.74, 6) is -0.0674. The molecule has 23 heavy (non-hydrogen) atoms. The minimum atomic E-state index is -0.0608. The highest BCUT2D eigenvalue weighted by atomic mass is 35.5. The van der Waals surface area contributed by atoms with E-state index >= 15 is 0 Å². The third kappa shape index (κ3) is 4.23. The van der Waals surface area contributed by atoms with Gasteiger partial charge in [0.2, 0.25) is 5.91 Å². The highest BCUT2D eigenvalue weighted by Gasteiger charge is 2.27. The number of ether oxygens (including phenoxy) is 1. The standard InChI is InChI=1S/C16H25ClN4O2/c17-9-16(22)20(15-7-4-8-23-12-15)10-13-11-21(19-18-13)14-5-2-1-3-6-14/h11,14-15H,1-10,12H2/t15-/m1/s1. The van der Waals surface area contributed by atoms with Crippen LogP contribution in [0.5, 0.6) is 0 Å². The number of amides is 1. The van der Waals surface area contributed by atoms with Gasteiger partial charge in [-0.1, -0.05) is 24.5 Å². The van der Waals surface area contributed by atoms with Gasteiger partial charge in [0.1, 0.15) is 11.6 Å². The average molecular weight is 341 g/mol. The first-order chi connectivity index (χ1) is 11.3. The van der Waals surface area contributed by atoms with Crippen LogP contribution in [0.1, 0.15) is 56.7 Å². The van der Waals surface area contributed by atoms with Gasteiger partial charge in [-0.2, -0.15) is 0 Å². The van der Waals surface area contributed by atoms with Crippen LogP contribution < -0.4 is 0 Å². The molecule has 1 amide bonds. The zero-order valence-corrected chi connectivity index (χ0v) is 14.2. The second-order valence-electron chi connectivity index (χ2n) is 6.51. The molecule has 0 aromatic carbocycles. The summed E-state index contributed by atoms with van der Waals surface area (Å²) in [6.45, 7) is 1.82. The molecule has 0 spiro atoms. The summed E-state index contributed by atoms with van der Waals surface area (Å²) in [6.07, 6.45) is 10.1. The van der Waals surface area contributed by atoms with Gasteiger partial charge >= 0.3 is 0 Å². The Morgan fingerprint density at radius 3 is 2.83 bits per heavy atom. The number of carbonyl (C=O) groups is 1. The van der Waals surface area contributed by atoms with Gasteiger partial charge in [-0.15, -0.1) is 16.7 Å². The van der Waals surface area contributed by atoms with Gasteiger partial charge in [-0.3, -0.25) is 4.79 Å². The number of rotatable bonds is 5. The number of carbonyl (C=O) groups excluding carboxylic acids is 1. The van der Waals surface area contributed by atoms with Crippen molar-refractivity contribution in [2.75, 3.05) is 19.1 Å². The van der Waals surface area contributed by atoms with E-state index in [9.17, 15) is 4.79 Å². The molecule has 2 aliphatic rings. The van der Waals surface area contributed by atoms with Gasteiger partial charge in [0.05, 0.1) is 31.4 Å². The van der Waals surface area contributed by atoms with E-state index < -0.39 is 0 Å². The summed E-state index contributed by atoms with van der Waals surface area (Å²) in [5.41, 5.74) is 0.833. The van der Waals surface area contributed by atoms with Gasteiger partial charge in [0.25, 0.3) is 0 Å². The molecule has 128 valence electrons. The number of alkyl halides is 1. The van der Waals surface area contributed by atoms with Gasteiger partial charge < -0.3 is 9.64 Å². The van der Waals surface area contributed by atoms with E-state index in [0.717, 1.165) is 25.1 Å². The van der Waals surface area contributed by atoms with Crippen molar-refractivity contribution in [2.24, 2.45) is 0 Å². The molecular weight excluding hydrogens is 316 g/mol. The van der Waals surface area contributed by atoms with Crippen molar-refractivity contribution in [3.05, 3.63) is 11.9 Å². The Morgan fingerprint density at radius 2 is 2.13 bits per heavy atom. The largest absolute Gasteiger partial charge is 0.379 e. The molecule has 6 nitrogen and oxygen atoms in total. The summed E-state index contributed by atoms with van der Waals surface area (Å²) in [5, 5.41) is 8.57. The topological polar surface area (TPSA) is 60.2 Å².